The summed E-state index contributed by atoms with van der Waals surface area (Å²) in [6.07, 6.45) is 0. The van der Waals surface area contributed by atoms with E-state index in [2.05, 4.69) is 4.72 Å². The molecule has 23 heavy (non-hydrogen) atoms. The summed E-state index contributed by atoms with van der Waals surface area (Å²) in [5.41, 5.74) is 0.535. The maximum Gasteiger partial charge on any atom is 0.277 e. The Morgan fingerprint density at radius 2 is 1.74 bits per heavy atom. The Kier molecular flexibility index (Phi) is 4.97. The van der Waals surface area contributed by atoms with Gasteiger partial charge in [-0.25, -0.2) is 17.9 Å². The quantitative estimate of drug-likeness (QED) is 0.849. The Morgan fingerprint density at radius 3 is 2.30 bits per heavy atom. The van der Waals surface area contributed by atoms with Gasteiger partial charge in [-0.1, -0.05) is 12.1 Å². The molecule has 2 aromatic rings. The fourth-order valence-corrected chi connectivity index (χ4v) is 2.96. The molecule has 0 atom stereocenters. The van der Waals surface area contributed by atoms with Gasteiger partial charge >= 0.3 is 0 Å². The largest absolute Gasteiger partial charge is 0.280 e. The second-order valence-corrected chi connectivity index (χ2v) is 6.25. The number of nitrogens with zero attached hydrogens (tertiary/aromatic N) is 1. The van der Waals surface area contributed by atoms with Crippen LogP contribution in [-0.4, -0.2) is 33.5 Å². The lowest BCUT2D eigenvalue weighted by atomic mass is 10.2. The minimum atomic E-state index is -4.04. The third-order valence-corrected chi connectivity index (χ3v) is 4.48. The SMILES string of the molecule is CON(C)C(=O)c1ccc(NS(=O)(=O)c2ccccc2F)cc1. The summed E-state index contributed by atoms with van der Waals surface area (Å²) in [4.78, 5) is 16.2. The molecule has 0 radical (unpaired) electrons. The molecule has 0 unspecified atom stereocenters. The number of benzene rings is 2. The summed E-state index contributed by atoms with van der Waals surface area (Å²) in [5, 5.41) is 1.04. The zero-order valence-corrected chi connectivity index (χ0v) is 13.3. The summed E-state index contributed by atoms with van der Waals surface area (Å²) < 4.78 is 40.2. The highest BCUT2D eigenvalue weighted by Gasteiger charge is 2.19. The zero-order chi connectivity index (χ0) is 17.0. The van der Waals surface area contributed by atoms with Gasteiger partial charge in [0.15, 0.2) is 0 Å². The molecular formula is C15H15FN2O4S. The monoisotopic (exact) mass is 338 g/mol. The van der Waals surface area contributed by atoms with Crippen molar-refractivity contribution in [2.24, 2.45) is 0 Å². The first-order valence-electron chi connectivity index (χ1n) is 6.55. The highest BCUT2D eigenvalue weighted by molar-refractivity contribution is 7.92. The Balaban J connectivity index is 2.21. The van der Waals surface area contributed by atoms with Crippen LogP contribution in [0.5, 0.6) is 0 Å². The number of carbonyl (C=O) groups excluding carboxylic acids is 1. The molecule has 0 fully saturated rings. The Bertz CT molecular complexity index is 806. The summed E-state index contributed by atoms with van der Waals surface area (Å²) in [6.45, 7) is 0. The van der Waals surface area contributed by atoms with E-state index in [4.69, 9.17) is 4.84 Å². The Morgan fingerprint density at radius 1 is 1.13 bits per heavy atom. The number of rotatable bonds is 5. The van der Waals surface area contributed by atoms with Crippen LogP contribution < -0.4 is 4.72 Å². The van der Waals surface area contributed by atoms with Gasteiger partial charge in [-0.05, 0) is 36.4 Å². The van der Waals surface area contributed by atoms with Crippen LogP contribution in [0.25, 0.3) is 0 Å². The zero-order valence-electron chi connectivity index (χ0n) is 12.5. The van der Waals surface area contributed by atoms with Crippen LogP contribution in [-0.2, 0) is 14.9 Å². The molecule has 0 spiro atoms. The maximum atomic E-state index is 13.6. The van der Waals surface area contributed by atoms with Crippen molar-refractivity contribution in [1.29, 1.82) is 0 Å². The molecule has 1 amide bonds. The van der Waals surface area contributed by atoms with Gasteiger partial charge in [0, 0.05) is 18.3 Å². The number of hydrogen-bond donors (Lipinski definition) is 1. The molecule has 0 saturated carbocycles. The maximum absolute atomic E-state index is 13.6. The van der Waals surface area contributed by atoms with Gasteiger partial charge in [0.05, 0.1) is 7.11 Å². The average Bonchev–Trinajstić information content (AvgIpc) is 2.54. The summed E-state index contributed by atoms with van der Waals surface area (Å²) in [6, 6.07) is 10.8. The molecular weight excluding hydrogens is 323 g/mol. The van der Waals surface area contributed by atoms with Crippen LogP contribution in [0.4, 0.5) is 10.1 Å². The number of sulfonamides is 1. The van der Waals surface area contributed by atoms with Crippen LogP contribution in [0.3, 0.4) is 0 Å². The van der Waals surface area contributed by atoms with Crippen molar-refractivity contribution >= 4 is 21.6 Å². The van der Waals surface area contributed by atoms with Crippen LogP contribution >= 0.6 is 0 Å². The third-order valence-electron chi connectivity index (χ3n) is 3.07. The number of hydrogen-bond acceptors (Lipinski definition) is 4. The van der Waals surface area contributed by atoms with Crippen molar-refractivity contribution in [2.75, 3.05) is 18.9 Å². The smallest absolute Gasteiger partial charge is 0.277 e. The molecule has 1 N–H and O–H groups in total. The molecule has 0 aliphatic heterocycles. The van der Waals surface area contributed by atoms with E-state index in [-0.39, 0.29) is 11.6 Å². The number of halogens is 1. The van der Waals surface area contributed by atoms with Crippen molar-refractivity contribution in [3.05, 3.63) is 59.9 Å². The molecule has 2 aromatic carbocycles. The highest BCUT2D eigenvalue weighted by Crippen LogP contribution is 2.19. The summed E-state index contributed by atoms with van der Waals surface area (Å²) in [5.74, 6) is -1.22. The minimum Gasteiger partial charge on any atom is -0.280 e. The first-order valence-corrected chi connectivity index (χ1v) is 8.03. The van der Waals surface area contributed by atoms with Crippen LogP contribution in [0, 0.1) is 5.82 Å². The van der Waals surface area contributed by atoms with Gasteiger partial charge in [0.25, 0.3) is 15.9 Å². The standard InChI is InChI=1S/C15H15FN2O4S/c1-18(22-2)15(19)11-7-9-12(10-8-11)17-23(20,21)14-6-4-3-5-13(14)16/h3-10,17H,1-2H3. The molecule has 0 heterocycles. The Hall–Kier alpha value is -2.45. The van der Waals surface area contributed by atoms with E-state index in [0.717, 1.165) is 11.1 Å². The molecule has 0 aliphatic carbocycles. The van der Waals surface area contributed by atoms with Gasteiger partial charge in [0.1, 0.15) is 10.7 Å². The molecule has 0 saturated heterocycles. The van der Waals surface area contributed by atoms with Gasteiger partial charge in [-0.3, -0.25) is 14.4 Å². The first-order chi connectivity index (χ1) is 10.8. The number of carbonyl (C=O) groups is 1. The van der Waals surface area contributed by atoms with Crippen LogP contribution in [0.1, 0.15) is 10.4 Å². The lowest BCUT2D eigenvalue weighted by Gasteiger charge is -2.14. The average molecular weight is 338 g/mol. The number of nitrogens with one attached hydrogen (secondary N) is 1. The molecule has 0 bridgehead atoms. The lowest BCUT2D eigenvalue weighted by molar-refractivity contribution is -0.0756. The summed E-state index contributed by atoms with van der Waals surface area (Å²) in [7, 11) is -1.23. The number of hydroxylamine groups is 2. The summed E-state index contributed by atoms with van der Waals surface area (Å²) >= 11 is 0. The fourth-order valence-electron chi connectivity index (χ4n) is 1.82. The molecule has 6 nitrogen and oxygen atoms in total. The molecule has 0 aliphatic rings. The van der Waals surface area contributed by atoms with Gasteiger partial charge in [0.2, 0.25) is 0 Å². The second-order valence-electron chi connectivity index (χ2n) is 4.60. The van der Waals surface area contributed by atoms with Crippen molar-refractivity contribution < 1.29 is 22.4 Å². The van der Waals surface area contributed by atoms with E-state index in [9.17, 15) is 17.6 Å². The number of amides is 1. The predicted molar refractivity (Wildman–Crippen MR) is 82.8 cm³/mol. The predicted octanol–water partition coefficient (Wildman–Crippen LogP) is 2.26. The second kappa shape index (κ2) is 6.76. The molecule has 122 valence electrons. The van der Waals surface area contributed by atoms with Crippen molar-refractivity contribution in [1.82, 2.24) is 5.06 Å². The van der Waals surface area contributed by atoms with Crippen LogP contribution in [0.15, 0.2) is 53.4 Å². The van der Waals surface area contributed by atoms with E-state index in [1.165, 1.54) is 56.6 Å². The van der Waals surface area contributed by atoms with Gasteiger partial charge in [-0.2, -0.15) is 0 Å². The van der Waals surface area contributed by atoms with Crippen molar-refractivity contribution in [2.45, 2.75) is 4.90 Å². The lowest BCUT2D eigenvalue weighted by Crippen LogP contribution is -2.25. The topological polar surface area (TPSA) is 75.7 Å². The normalized spacial score (nSPS) is 11.1. The van der Waals surface area contributed by atoms with E-state index in [1.807, 2.05) is 0 Å². The van der Waals surface area contributed by atoms with E-state index in [0.29, 0.717) is 5.56 Å². The molecule has 2 rings (SSSR count). The third kappa shape index (κ3) is 3.85. The van der Waals surface area contributed by atoms with Gasteiger partial charge < -0.3 is 0 Å². The van der Waals surface area contributed by atoms with E-state index >= 15 is 0 Å². The van der Waals surface area contributed by atoms with Crippen LogP contribution in [0.2, 0.25) is 0 Å². The fraction of sp³-hybridized carbons (Fsp3) is 0.133. The Labute approximate surface area is 133 Å². The molecule has 0 aromatic heterocycles. The van der Waals surface area contributed by atoms with E-state index in [1.54, 1.807) is 0 Å². The van der Waals surface area contributed by atoms with Gasteiger partial charge in [-0.15, -0.1) is 0 Å². The number of anilines is 1. The highest BCUT2D eigenvalue weighted by atomic mass is 32.2. The first kappa shape index (κ1) is 16.9. The molecule has 8 heteroatoms. The van der Waals surface area contributed by atoms with Crippen molar-refractivity contribution in [3.8, 4) is 0 Å². The van der Waals surface area contributed by atoms with Crippen molar-refractivity contribution in [3.63, 3.8) is 0 Å². The minimum absolute atomic E-state index is 0.213. The van der Waals surface area contributed by atoms with E-state index < -0.39 is 20.7 Å².